The molecular weight excluding hydrogens is 206 g/mol. The van der Waals surface area contributed by atoms with Crippen molar-refractivity contribution >= 4 is 17.1 Å². The number of carbonyl (C=O) groups excluding carboxylic acids is 1. The van der Waals surface area contributed by atoms with Gasteiger partial charge in [0, 0.05) is 18.1 Å². The van der Waals surface area contributed by atoms with Gasteiger partial charge in [-0.2, -0.15) is 0 Å². The van der Waals surface area contributed by atoms with Crippen LogP contribution >= 0.6 is 11.3 Å². The highest BCUT2D eigenvalue weighted by Crippen LogP contribution is 2.23. The average Bonchev–Trinajstić information content (AvgIpc) is 2.74. The van der Waals surface area contributed by atoms with Crippen molar-refractivity contribution in [2.24, 2.45) is 7.05 Å². The lowest BCUT2D eigenvalue weighted by molar-refractivity contribution is 0.103. The van der Waals surface area contributed by atoms with E-state index in [2.05, 4.69) is 0 Å². The molecule has 2 rings (SSSR count). The van der Waals surface area contributed by atoms with Crippen LogP contribution in [0.2, 0.25) is 0 Å². The van der Waals surface area contributed by atoms with Crippen LogP contribution in [0.1, 0.15) is 25.8 Å². The Hall–Kier alpha value is -1.35. The molecule has 0 bridgehead atoms. The van der Waals surface area contributed by atoms with Crippen molar-refractivity contribution in [3.63, 3.8) is 0 Å². The normalized spacial score (nSPS) is 10.6. The third kappa shape index (κ3) is 1.75. The number of carbonyl (C=O) groups is 1. The Kier molecular flexibility index (Phi) is 2.49. The molecule has 0 aromatic carbocycles. The van der Waals surface area contributed by atoms with E-state index in [9.17, 15) is 4.79 Å². The van der Waals surface area contributed by atoms with Crippen LogP contribution in [0, 0.1) is 13.8 Å². The molecule has 2 aromatic rings. The van der Waals surface area contributed by atoms with Gasteiger partial charge in [-0.3, -0.25) is 4.79 Å². The highest BCUT2D eigenvalue weighted by Gasteiger charge is 2.14. The molecule has 15 heavy (non-hydrogen) atoms. The van der Waals surface area contributed by atoms with E-state index in [1.165, 1.54) is 10.4 Å². The van der Waals surface area contributed by atoms with Crippen LogP contribution in [-0.2, 0) is 7.05 Å². The number of nitrogens with zero attached hydrogens (tertiary/aromatic N) is 1. The third-order valence-electron chi connectivity index (χ3n) is 2.57. The Morgan fingerprint density at radius 2 is 2.13 bits per heavy atom. The number of thiophene rings is 1. The quantitative estimate of drug-likeness (QED) is 0.712. The summed E-state index contributed by atoms with van der Waals surface area (Å²) >= 11 is 1.57. The van der Waals surface area contributed by atoms with Crippen molar-refractivity contribution in [1.29, 1.82) is 0 Å². The molecule has 0 amide bonds. The first kappa shape index (κ1) is 10.2. The van der Waals surface area contributed by atoms with Crippen molar-refractivity contribution in [2.75, 3.05) is 0 Å². The predicted molar refractivity (Wildman–Crippen MR) is 62.6 cm³/mol. The van der Waals surface area contributed by atoms with Crippen molar-refractivity contribution in [3.8, 4) is 0 Å². The monoisotopic (exact) mass is 219 g/mol. The summed E-state index contributed by atoms with van der Waals surface area (Å²) in [5.74, 6) is 0.115. The molecule has 0 aliphatic rings. The van der Waals surface area contributed by atoms with Gasteiger partial charge >= 0.3 is 0 Å². The van der Waals surface area contributed by atoms with Gasteiger partial charge in [0.1, 0.15) is 0 Å². The van der Waals surface area contributed by atoms with E-state index >= 15 is 0 Å². The maximum Gasteiger partial charge on any atom is 0.219 e. The Morgan fingerprint density at radius 3 is 2.60 bits per heavy atom. The summed E-state index contributed by atoms with van der Waals surface area (Å²) < 4.78 is 1.85. The molecule has 0 spiro atoms. The largest absolute Gasteiger partial charge is 0.348 e. The lowest BCUT2D eigenvalue weighted by atomic mass is 10.2. The van der Waals surface area contributed by atoms with E-state index in [4.69, 9.17) is 0 Å². The van der Waals surface area contributed by atoms with Crippen LogP contribution in [-0.4, -0.2) is 10.4 Å². The van der Waals surface area contributed by atoms with Crippen LogP contribution in [0.3, 0.4) is 0 Å². The summed E-state index contributed by atoms with van der Waals surface area (Å²) in [6.07, 6.45) is 1.89. The number of hydrogen-bond acceptors (Lipinski definition) is 2. The summed E-state index contributed by atoms with van der Waals surface area (Å²) in [6.45, 7) is 4.08. The van der Waals surface area contributed by atoms with Gasteiger partial charge in [-0.15, -0.1) is 11.3 Å². The lowest BCUT2D eigenvalue weighted by Crippen LogP contribution is -2.04. The molecule has 0 radical (unpaired) electrons. The number of aromatic nitrogens is 1. The molecule has 0 saturated carbocycles. The molecule has 2 aromatic heterocycles. The molecule has 0 unspecified atom stereocenters. The Bertz CT molecular complexity index is 488. The molecule has 2 nitrogen and oxygen atoms in total. The van der Waals surface area contributed by atoms with Gasteiger partial charge in [0.2, 0.25) is 5.78 Å². The zero-order valence-corrected chi connectivity index (χ0v) is 9.89. The zero-order chi connectivity index (χ0) is 11.0. The number of aryl methyl sites for hydroxylation is 3. The van der Waals surface area contributed by atoms with Gasteiger partial charge in [0.05, 0.1) is 10.6 Å². The smallest absolute Gasteiger partial charge is 0.219 e. The molecule has 3 heteroatoms. The molecular formula is C12H13NOS. The summed E-state index contributed by atoms with van der Waals surface area (Å²) in [6, 6.07) is 5.71. The second-order valence-electron chi connectivity index (χ2n) is 3.68. The van der Waals surface area contributed by atoms with Crippen LogP contribution in [0.4, 0.5) is 0 Å². The minimum absolute atomic E-state index is 0.115. The Balaban J connectivity index is 2.41. The topological polar surface area (TPSA) is 22.0 Å². The second kappa shape index (κ2) is 3.66. The Labute approximate surface area is 93.2 Å². The number of rotatable bonds is 2. The minimum atomic E-state index is 0.115. The first-order valence-electron chi connectivity index (χ1n) is 4.82. The van der Waals surface area contributed by atoms with Crippen LogP contribution in [0.25, 0.3) is 0 Å². The van der Waals surface area contributed by atoms with E-state index in [1.807, 2.05) is 49.9 Å². The molecule has 0 fully saturated rings. The van der Waals surface area contributed by atoms with E-state index < -0.39 is 0 Å². The van der Waals surface area contributed by atoms with Crippen LogP contribution < -0.4 is 0 Å². The van der Waals surface area contributed by atoms with Gasteiger partial charge in [-0.25, -0.2) is 0 Å². The summed E-state index contributed by atoms with van der Waals surface area (Å²) in [4.78, 5) is 14.1. The average molecular weight is 219 g/mol. The number of ketones is 1. The van der Waals surface area contributed by atoms with Gasteiger partial charge in [-0.1, -0.05) is 0 Å². The lowest BCUT2D eigenvalue weighted by Gasteiger charge is -1.99. The summed E-state index contributed by atoms with van der Waals surface area (Å²) in [5.41, 5.74) is 1.94. The zero-order valence-electron chi connectivity index (χ0n) is 9.07. The molecule has 0 atom stereocenters. The van der Waals surface area contributed by atoms with E-state index in [0.29, 0.717) is 0 Å². The van der Waals surface area contributed by atoms with E-state index in [-0.39, 0.29) is 5.78 Å². The molecule has 0 saturated heterocycles. The van der Waals surface area contributed by atoms with Gasteiger partial charge in [0.25, 0.3) is 0 Å². The highest BCUT2D eigenvalue weighted by molar-refractivity contribution is 7.14. The summed E-state index contributed by atoms with van der Waals surface area (Å²) in [5, 5.41) is 0. The van der Waals surface area contributed by atoms with Crippen molar-refractivity contribution in [2.45, 2.75) is 13.8 Å². The van der Waals surface area contributed by atoms with Gasteiger partial charge < -0.3 is 4.57 Å². The van der Waals surface area contributed by atoms with Gasteiger partial charge in [-0.05, 0) is 37.6 Å². The first-order chi connectivity index (χ1) is 7.09. The Morgan fingerprint density at radius 1 is 1.40 bits per heavy atom. The maximum absolute atomic E-state index is 12.1. The maximum atomic E-state index is 12.1. The van der Waals surface area contributed by atoms with Crippen molar-refractivity contribution in [1.82, 2.24) is 4.57 Å². The van der Waals surface area contributed by atoms with Crippen LogP contribution in [0.5, 0.6) is 0 Å². The highest BCUT2D eigenvalue weighted by atomic mass is 32.1. The molecule has 78 valence electrons. The third-order valence-corrected chi connectivity index (χ3v) is 3.72. The summed E-state index contributed by atoms with van der Waals surface area (Å²) in [7, 11) is 1.89. The fourth-order valence-electron chi connectivity index (χ4n) is 1.51. The second-order valence-corrected chi connectivity index (χ2v) is 4.94. The van der Waals surface area contributed by atoms with Crippen LogP contribution in [0.15, 0.2) is 24.4 Å². The molecule has 0 aliphatic carbocycles. The minimum Gasteiger partial charge on any atom is -0.348 e. The fourth-order valence-corrected chi connectivity index (χ4v) is 2.49. The first-order valence-corrected chi connectivity index (χ1v) is 5.64. The standard InChI is InChI=1S/C12H13NOS/c1-8-7-11(15-9(8)2)12(14)10-5-4-6-13(10)3/h4-7H,1-3H3. The number of hydrogen-bond donors (Lipinski definition) is 0. The molecule has 0 N–H and O–H groups in total. The fraction of sp³-hybridized carbons (Fsp3) is 0.250. The molecule has 2 heterocycles. The van der Waals surface area contributed by atoms with Crippen molar-refractivity contribution in [3.05, 3.63) is 45.4 Å². The van der Waals surface area contributed by atoms with E-state index in [0.717, 1.165) is 10.6 Å². The SMILES string of the molecule is Cc1cc(C(=O)c2cccn2C)sc1C. The van der Waals surface area contributed by atoms with Crippen molar-refractivity contribution < 1.29 is 4.79 Å². The van der Waals surface area contributed by atoms with Gasteiger partial charge in [0.15, 0.2) is 0 Å². The molecule has 0 aliphatic heterocycles. The predicted octanol–water partition coefficient (Wildman–Crippen LogP) is 2.93. The van der Waals surface area contributed by atoms with E-state index in [1.54, 1.807) is 11.3 Å².